The molecule has 0 bridgehead atoms. The maximum absolute atomic E-state index is 12.4. The second-order valence-electron chi connectivity index (χ2n) is 6.76. The minimum atomic E-state index is -0.0651. The zero-order valence-electron chi connectivity index (χ0n) is 17.1. The molecule has 156 valence electrons. The molecule has 0 radical (unpaired) electrons. The highest BCUT2D eigenvalue weighted by molar-refractivity contribution is 7.99. The van der Waals surface area contributed by atoms with E-state index in [0.717, 1.165) is 28.4 Å². The molecule has 1 N–H and O–H groups in total. The average Bonchev–Trinajstić information content (AvgIpc) is 3.27. The van der Waals surface area contributed by atoms with E-state index in [2.05, 4.69) is 15.5 Å². The predicted octanol–water partition coefficient (Wildman–Crippen LogP) is 4.35. The summed E-state index contributed by atoms with van der Waals surface area (Å²) in [4.78, 5) is 12.4. The SMILES string of the molecule is COc1ccc(CNC(=O)CSc2nnc(-c3ccccc3)n2-c2ccccc2)cc1. The third-order valence-corrected chi connectivity index (χ3v) is 5.59. The smallest absolute Gasteiger partial charge is 0.230 e. The summed E-state index contributed by atoms with van der Waals surface area (Å²) in [7, 11) is 1.63. The lowest BCUT2D eigenvalue weighted by Gasteiger charge is -2.10. The summed E-state index contributed by atoms with van der Waals surface area (Å²) in [6.07, 6.45) is 0. The van der Waals surface area contributed by atoms with E-state index in [-0.39, 0.29) is 11.7 Å². The van der Waals surface area contributed by atoms with E-state index in [9.17, 15) is 4.79 Å². The first-order chi connectivity index (χ1) is 15.2. The number of carbonyl (C=O) groups excluding carboxylic acids is 1. The Morgan fingerprint density at radius 3 is 2.29 bits per heavy atom. The molecule has 0 spiro atoms. The van der Waals surface area contributed by atoms with Gasteiger partial charge in [0.2, 0.25) is 5.91 Å². The number of hydrogen-bond donors (Lipinski definition) is 1. The molecule has 0 unspecified atom stereocenters. The highest BCUT2D eigenvalue weighted by Crippen LogP contribution is 2.27. The van der Waals surface area contributed by atoms with Gasteiger partial charge in [-0.1, -0.05) is 72.4 Å². The maximum atomic E-state index is 12.4. The fourth-order valence-corrected chi connectivity index (χ4v) is 3.85. The zero-order valence-corrected chi connectivity index (χ0v) is 17.9. The molecule has 4 rings (SSSR count). The molecule has 0 saturated heterocycles. The number of methoxy groups -OCH3 is 1. The molecule has 1 amide bonds. The Kier molecular flexibility index (Phi) is 6.64. The van der Waals surface area contributed by atoms with Crippen molar-refractivity contribution in [1.29, 1.82) is 0 Å². The molecule has 0 fully saturated rings. The third-order valence-electron chi connectivity index (χ3n) is 4.66. The fourth-order valence-electron chi connectivity index (χ4n) is 3.07. The normalized spacial score (nSPS) is 10.6. The molecule has 0 aliphatic rings. The Morgan fingerprint density at radius 2 is 1.61 bits per heavy atom. The number of rotatable bonds is 8. The zero-order chi connectivity index (χ0) is 21.5. The molecule has 7 heteroatoms. The van der Waals surface area contributed by atoms with Crippen molar-refractivity contribution in [3.63, 3.8) is 0 Å². The first kappa shape index (κ1) is 20.7. The molecular formula is C24H22N4O2S. The standard InChI is InChI=1S/C24H22N4O2S/c1-30-21-14-12-18(13-15-21)16-25-22(29)17-31-24-27-26-23(19-8-4-2-5-9-19)28(24)20-10-6-3-7-11-20/h2-15H,16-17H2,1H3,(H,25,29). The van der Waals surface area contributed by atoms with Crippen molar-refractivity contribution in [1.82, 2.24) is 20.1 Å². The van der Waals surface area contributed by atoms with E-state index in [4.69, 9.17) is 4.74 Å². The number of nitrogens with zero attached hydrogens (tertiary/aromatic N) is 3. The Bertz CT molecular complexity index is 1130. The molecule has 0 atom stereocenters. The van der Waals surface area contributed by atoms with Crippen LogP contribution in [0.15, 0.2) is 90.1 Å². The van der Waals surface area contributed by atoms with E-state index in [0.29, 0.717) is 11.7 Å². The van der Waals surface area contributed by atoms with Crippen LogP contribution in [-0.2, 0) is 11.3 Å². The summed E-state index contributed by atoms with van der Waals surface area (Å²) in [6.45, 7) is 0.462. The van der Waals surface area contributed by atoms with E-state index in [1.807, 2.05) is 89.5 Å². The number of benzene rings is 3. The summed E-state index contributed by atoms with van der Waals surface area (Å²) < 4.78 is 7.14. The van der Waals surface area contributed by atoms with Crippen LogP contribution >= 0.6 is 11.8 Å². The molecule has 0 aliphatic heterocycles. The lowest BCUT2D eigenvalue weighted by atomic mass is 10.2. The largest absolute Gasteiger partial charge is 0.497 e. The molecule has 4 aromatic rings. The van der Waals surface area contributed by atoms with Gasteiger partial charge in [0.25, 0.3) is 0 Å². The van der Waals surface area contributed by atoms with Gasteiger partial charge in [-0.25, -0.2) is 0 Å². The Morgan fingerprint density at radius 1 is 0.935 bits per heavy atom. The highest BCUT2D eigenvalue weighted by atomic mass is 32.2. The molecule has 0 aliphatic carbocycles. The second kappa shape index (κ2) is 9.95. The third kappa shape index (κ3) is 5.13. The number of carbonyl (C=O) groups is 1. The summed E-state index contributed by atoms with van der Waals surface area (Å²) in [5, 5.41) is 12.4. The van der Waals surface area contributed by atoms with Crippen LogP contribution in [0.5, 0.6) is 5.75 Å². The Hall–Kier alpha value is -3.58. The van der Waals surface area contributed by atoms with Crippen LogP contribution in [0.25, 0.3) is 17.1 Å². The van der Waals surface area contributed by atoms with Gasteiger partial charge in [0.1, 0.15) is 5.75 Å². The molecule has 31 heavy (non-hydrogen) atoms. The number of nitrogens with one attached hydrogen (secondary N) is 1. The van der Waals surface area contributed by atoms with Crippen molar-refractivity contribution in [2.24, 2.45) is 0 Å². The number of hydrogen-bond acceptors (Lipinski definition) is 5. The Labute approximate surface area is 185 Å². The molecule has 3 aromatic carbocycles. The summed E-state index contributed by atoms with van der Waals surface area (Å²) >= 11 is 1.36. The van der Waals surface area contributed by atoms with E-state index >= 15 is 0 Å². The van der Waals surface area contributed by atoms with Crippen LogP contribution in [0.4, 0.5) is 0 Å². The van der Waals surface area contributed by atoms with Crippen LogP contribution in [0.2, 0.25) is 0 Å². The van der Waals surface area contributed by atoms with Gasteiger partial charge in [0.15, 0.2) is 11.0 Å². The van der Waals surface area contributed by atoms with Crippen LogP contribution in [0, 0.1) is 0 Å². The predicted molar refractivity (Wildman–Crippen MR) is 122 cm³/mol. The van der Waals surface area contributed by atoms with Crippen molar-refractivity contribution in [3.8, 4) is 22.8 Å². The molecule has 1 heterocycles. The quantitative estimate of drug-likeness (QED) is 0.421. The van der Waals surface area contributed by atoms with E-state index in [1.165, 1.54) is 11.8 Å². The molecule has 0 saturated carbocycles. The van der Waals surface area contributed by atoms with Crippen molar-refractivity contribution in [3.05, 3.63) is 90.5 Å². The average molecular weight is 431 g/mol. The summed E-state index contributed by atoms with van der Waals surface area (Å²) in [5.74, 6) is 1.72. The van der Waals surface area contributed by atoms with E-state index in [1.54, 1.807) is 7.11 Å². The van der Waals surface area contributed by atoms with Crippen molar-refractivity contribution in [2.45, 2.75) is 11.7 Å². The number of amides is 1. The van der Waals surface area contributed by atoms with E-state index < -0.39 is 0 Å². The van der Waals surface area contributed by atoms with Gasteiger partial charge in [-0.05, 0) is 29.8 Å². The number of thioether (sulfide) groups is 1. The van der Waals surface area contributed by atoms with Gasteiger partial charge >= 0.3 is 0 Å². The lowest BCUT2D eigenvalue weighted by molar-refractivity contribution is -0.118. The fraction of sp³-hybridized carbons (Fsp3) is 0.125. The minimum Gasteiger partial charge on any atom is -0.497 e. The van der Waals surface area contributed by atoms with Crippen molar-refractivity contribution >= 4 is 17.7 Å². The van der Waals surface area contributed by atoms with Crippen LogP contribution < -0.4 is 10.1 Å². The number of para-hydroxylation sites is 1. The number of ether oxygens (including phenoxy) is 1. The number of aromatic nitrogens is 3. The van der Waals surface area contributed by atoms with Crippen molar-refractivity contribution in [2.75, 3.05) is 12.9 Å². The summed E-state index contributed by atoms with van der Waals surface area (Å²) in [5.41, 5.74) is 2.93. The first-order valence-electron chi connectivity index (χ1n) is 9.83. The second-order valence-corrected chi connectivity index (χ2v) is 7.70. The van der Waals surface area contributed by atoms with Gasteiger partial charge in [-0.15, -0.1) is 10.2 Å². The molecule has 6 nitrogen and oxygen atoms in total. The monoisotopic (exact) mass is 430 g/mol. The van der Waals surface area contributed by atoms with Gasteiger partial charge < -0.3 is 10.1 Å². The molecular weight excluding hydrogens is 408 g/mol. The lowest BCUT2D eigenvalue weighted by Crippen LogP contribution is -2.24. The van der Waals surface area contributed by atoms with Gasteiger partial charge in [0, 0.05) is 17.8 Å². The summed E-state index contributed by atoms with van der Waals surface area (Å²) in [6, 6.07) is 27.5. The maximum Gasteiger partial charge on any atom is 0.230 e. The topological polar surface area (TPSA) is 69.0 Å². The van der Waals surface area contributed by atoms with Crippen LogP contribution in [0.3, 0.4) is 0 Å². The molecule has 1 aromatic heterocycles. The van der Waals surface area contributed by atoms with Gasteiger partial charge in [-0.2, -0.15) is 0 Å². The highest BCUT2D eigenvalue weighted by Gasteiger charge is 2.17. The van der Waals surface area contributed by atoms with Gasteiger partial charge in [-0.3, -0.25) is 9.36 Å². The first-order valence-corrected chi connectivity index (χ1v) is 10.8. The minimum absolute atomic E-state index is 0.0651. The van der Waals surface area contributed by atoms with Gasteiger partial charge in [0.05, 0.1) is 12.9 Å². The van der Waals surface area contributed by atoms with Crippen LogP contribution in [0.1, 0.15) is 5.56 Å². The van der Waals surface area contributed by atoms with Crippen molar-refractivity contribution < 1.29 is 9.53 Å². The Balaban J connectivity index is 1.46. The van der Waals surface area contributed by atoms with Crippen LogP contribution in [-0.4, -0.2) is 33.5 Å².